The van der Waals surface area contributed by atoms with Crippen molar-refractivity contribution < 1.29 is 28.6 Å². The van der Waals surface area contributed by atoms with E-state index in [2.05, 4.69) is 93.7 Å². The molecule has 0 aliphatic heterocycles. The highest BCUT2D eigenvalue weighted by Crippen LogP contribution is 2.15. The highest BCUT2D eigenvalue weighted by molar-refractivity contribution is 5.71. The molecule has 0 aromatic heterocycles. The minimum Gasteiger partial charge on any atom is -0.462 e. The summed E-state index contributed by atoms with van der Waals surface area (Å²) in [6.45, 7) is 6.39. The van der Waals surface area contributed by atoms with Gasteiger partial charge in [-0.3, -0.25) is 14.4 Å². The minimum absolute atomic E-state index is 0.0817. The second-order valence-electron chi connectivity index (χ2n) is 17.1. The third-order valence-corrected chi connectivity index (χ3v) is 10.9. The zero-order valence-electron chi connectivity index (χ0n) is 40.6. The molecule has 356 valence electrons. The van der Waals surface area contributed by atoms with Crippen LogP contribution in [0.5, 0.6) is 0 Å². The van der Waals surface area contributed by atoms with Gasteiger partial charge in [-0.05, 0) is 83.5 Å². The molecule has 62 heavy (non-hydrogen) atoms. The smallest absolute Gasteiger partial charge is 0.306 e. The zero-order chi connectivity index (χ0) is 45.1. The molecule has 6 nitrogen and oxygen atoms in total. The van der Waals surface area contributed by atoms with Gasteiger partial charge in [-0.15, -0.1) is 0 Å². The molecule has 0 rings (SSSR count). The Kier molecular flexibility index (Phi) is 47.9. The fourth-order valence-electron chi connectivity index (χ4n) is 7.04. The predicted molar refractivity (Wildman–Crippen MR) is 265 cm³/mol. The van der Waals surface area contributed by atoms with Gasteiger partial charge in [0.15, 0.2) is 6.10 Å². The van der Waals surface area contributed by atoms with E-state index in [1.165, 1.54) is 89.9 Å². The van der Waals surface area contributed by atoms with E-state index in [1.54, 1.807) is 0 Å². The van der Waals surface area contributed by atoms with Crippen molar-refractivity contribution in [2.45, 2.75) is 252 Å². The van der Waals surface area contributed by atoms with E-state index in [-0.39, 0.29) is 31.1 Å². The van der Waals surface area contributed by atoms with Crippen LogP contribution in [0.1, 0.15) is 245 Å². The average Bonchev–Trinajstić information content (AvgIpc) is 3.27. The maximum absolute atomic E-state index is 12.7. The van der Waals surface area contributed by atoms with Crippen molar-refractivity contribution in [3.8, 4) is 0 Å². The summed E-state index contributed by atoms with van der Waals surface area (Å²) in [6.07, 6.45) is 63.6. The normalized spacial score (nSPS) is 12.6. The first-order valence-corrected chi connectivity index (χ1v) is 25.9. The summed E-state index contributed by atoms with van der Waals surface area (Å²) < 4.78 is 16.6. The number of rotatable bonds is 46. The van der Waals surface area contributed by atoms with Gasteiger partial charge in [-0.25, -0.2) is 0 Å². The lowest BCUT2D eigenvalue weighted by Crippen LogP contribution is -2.30. The number of esters is 3. The third-order valence-electron chi connectivity index (χ3n) is 10.9. The monoisotopic (exact) mass is 865 g/mol. The molecular weight excluding hydrogens is 769 g/mol. The summed E-state index contributed by atoms with van der Waals surface area (Å²) in [5.41, 5.74) is 0. The first-order valence-electron chi connectivity index (χ1n) is 25.9. The van der Waals surface area contributed by atoms with Crippen molar-refractivity contribution in [3.63, 3.8) is 0 Å². The summed E-state index contributed by atoms with van der Waals surface area (Å²) in [6, 6.07) is 0. The Morgan fingerprint density at radius 3 is 1.03 bits per heavy atom. The number of hydrogen-bond donors (Lipinski definition) is 0. The Labute approximate surface area is 382 Å². The van der Waals surface area contributed by atoms with Crippen molar-refractivity contribution >= 4 is 17.9 Å². The average molecular weight is 865 g/mol. The topological polar surface area (TPSA) is 78.9 Å². The van der Waals surface area contributed by atoms with Crippen LogP contribution in [0.2, 0.25) is 0 Å². The van der Waals surface area contributed by atoms with Gasteiger partial charge in [0.05, 0.1) is 0 Å². The van der Waals surface area contributed by atoms with Gasteiger partial charge in [-0.1, -0.05) is 216 Å². The molecule has 0 aliphatic rings. The van der Waals surface area contributed by atoms with Gasteiger partial charge in [0, 0.05) is 19.3 Å². The zero-order valence-corrected chi connectivity index (χ0v) is 40.6. The number of carbonyl (C=O) groups is 3. The van der Waals surface area contributed by atoms with Crippen LogP contribution in [-0.2, 0) is 28.6 Å². The molecule has 0 saturated carbocycles. The lowest BCUT2D eigenvalue weighted by atomic mass is 10.0. The second-order valence-corrected chi connectivity index (χ2v) is 17.1. The van der Waals surface area contributed by atoms with Crippen LogP contribution in [0, 0.1) is 0 Å². The molecule has 6 heteroatoms. The number of unbranched alkanes of at least 4 members (excludes halogenated alkanes) is 23. The van der Waals surface area contributed by atoms with E-state index < -0.39 is 6.10 Å². The van der Waals surface area contributed by atoms with Crippen LogP contribution in [0.25, 0.3) is 0 Å². The minimum atomic E-state index is -0.778. The fourth-order valence-corrected chi connectivity index (χ4v) is 7.04. The number of allylic oxidation sites excluding steroid dienone is 12. The standard InChI is InChI=1S/C56H96O6/c1-4-7-10-13-15-17-19-21-23-24-25-26-27-28-29-30-31-32-33-35-36-38-40-43-46-49-55(58)61-52-53(51-60-54(57)48-45-42-12-9-6-3)62-56(59)50-47-44-41-39-37-34-22-20-18-16-14-11-8-5-2/h7,10,14-17,20-23,25-26,53H,4-6,8-9,11-13,18-19,24,27-52H2,1-3H3/b10-7-,16-14-,17-15-,22-20-,23-21-,26-25-. The van der Waals surface area contributed by atoms with Gasteiger partial charge >= 0.3 is 17.9 Å². The van der Waals surface area contributed by atoms with Crippen LogP contribution in [0.15, 0.2) is 72.9 Å². The van der Waals surface area contributed by atoms with Gasteiger partial charge in [-0.2, -0.15) is 0 Å². The summed E-state index contributed by atoms with van der Waals surface area (Å²) in [7, 11) is 0. The molecule has 0 aliphatic carbocycles. The van der Waals surface area contributed by atoms with E-state index in [0.29, 0.717) is 19.3 Å². The van der Waals surface area contributed by atoms with Gasteiger partial charge < -0.3 is 14.2 Å². The SMILES string of the molecule is CC/C=C\C/C=C\C/C=C\C/C=C\CCCCCCCCCCCCCCC(=O)OCC(COC(=O)CCCCCCC)OC(=O)CCCCCCC/C=C\C/C=C\CCCC. The molecular formula is C56H96O6. The summed E-state index contributed by atoms with van der Waals surface area (Å²) in [5, 5.41) is 0. The first-order chi connectivity index (χ1) is 30.5. The molecule has 0 saturated heterocycles. The largest absolute Gasteiger partial charge is 0.462 e. The fraction of sp³-hybridized carbons (Fsp3) is 0.732. The van der Waals surface area contributed by atoms with Crippen LogP contribution in [-0.4, -0.2) is 37.2 Å². The molecule has 0 aromatic rings. The van der Waals surface area contributed by atoms with Crippen molar-refractivity contribution in [2.75, 3.05) is 13.2 Å². The first kappa shape index (κ1) is 58.9. The second kappa shape index (κ2) is 50.5. The van der Waals surface area contributed by atoms with E-state index >= 15 is 0 Å². The molecule has 0 spiro atoms. The van der Waals surface area contributed by atoms with E-state index in [9.17, 15) is 14.4 Å². The number of ether oxygens (including phenoxy) is 3. The number of hydrogen-bond acceptors (Lipinski definition) is 6. The lowest BCUT2D eigenvalue weighted by molar-refractivity contribution is -0.167. The van der Waals surface area contributed by atoms with E-state index in [0.717, 1.165) is 116 Å². The van der Waals surface area contributed by atoms with Gasteiger partial charge in [0.25, 0.3) is 0 Å². The lowest BCUT2D eigenvalue weighted by Gasteiger charge is -2.18. The Bertz CT molecular complexity index is 1180. The van der Waals surface area contributed by atoms with Crippen molar-refractivity contribution in [3.05, 3.63) is 72.9 Å². The van der Waals surface area contributed by atoms with Crippen molar-refractivity contribution in [2.24, 2.45) is 0 Å². The number of carbonyl (C=O) groups excluding carboxylic acids is 3. The van der Waals surface area contributed by atoms with Crippen LogP contribution in [0.4, 0.5) is 0 Å². The molecule has 0 bridgehead atoms. The van der Waals surface area contributed by atoms with E-state index in [4.69, 9.17) is 14.2 Å². The third kappa shape index (κ3) is 47.9. The van der Waals surface area contributed by atoms with Crippen LogP contribution >= 0.6 is 0 Å². The van der Waals surface area contributed by atoms with Crippen molar-refractivity contribution in [1.82, 2.24) is 0 Å². The molecule has 1 unspecified atom stereocenters. The molecule has 0 fully saturated rings. The summed E-state index contributed by atoms with van der Waals surface area (Å²) >= 11 is 0. The highest BCUT2D eigenvalue weighted by Gasteiger charge is 2.19. The Balaban J connectivity index is 4.10. The predicted octanol–water partition coefficient (Wildman–Crippen LogP) is 17.0. The molecule has 0 heterocycles. The van der Waals surface area contributed by atoms with E-state index in [1.807, 2.05) is 0 Å². The molecule has 0 aromatic carbocycles. The maximum Gasteiger partial charge on any atom is 0.306 e. The summed E-state index contributed by atoms with van der Waals surface area (Å²) in [4.78, 5) is 37.6. The van der Waals surface area contributed by atoms with Crippen LogP contribution in [0.3, 0.4) is 0 Å². The Morgan fingerprint density at radius 1 is 0.339 bits per heavy atom. The Hall–Kier alpha value is -3.15. The molecule has 0 N–H and O–H groups in total. The quantitative estimate of drug-likeness (QED) is 0.0262. The summed E-state index contributed by atoms with van der Waals surface area (Å²) in [5.74, 6) is -0.911. The van der Waals surface area contributed by atoms with Crippen LogP contribution < -0.4 is 0 Å². The van der Waals surface area contributed by atoms with Gasteiger partial charge in [0.2, 0.25) is 0 Å². The molecule has 1 atom stereocenters. The highest BCUT2D eigenvalue weighted by atomic mass is 16.6. The van der Waals surface area contributed by atoms with Crippen molar-refractivity contribution in [1.29, 1.82) is 0 Å². The maximum atomic E-state index is 12.7. The Morgan fingerprint density at radius 2 is 0.645 bits per heavy atom. The molecule has 0 radical (unpaired) electrons. The molecule has 0 amide bonds. The van der Waals surface area contributed by atoms with Gasteiger partial charge in [0.1, 0.15) is 13.2 Å².